The second-order valence-corrected chi connectivity index (χ2v) is 11.3. The number of carbonyl (C=O) groups excluding carboxylic acids is 2. The lowest BCUT2D eigenvalue weighted by Gasteiger charge is -2.24. The summed E-state index contributed by atoms with van der Waals surface area (Å²) < 4.78 is 129. The standard InChI is InChI=1S/2C15H12F4O6S/c16-14(15(17,18)19,26-25-24-21)13(20)23-9-8-22-12-7-3-5-10-4-1-2-6-11(10)12;16-14(15(17,18)19,26-25-24-21)13(20)23-8-7-22-12-6-5-10-3-1-2-4-11(10)9-12/h1-7,21H,8-9H2;1-6,9,21H,7-8H2/p-2. The van der Waals surface area contributed by atoms with E-state index >= 15 is 0 Å². The molecule has 0 bridgehead atoms. The molecule has 0 aliphatic heterocycles. The quantitative estimate of drug-likeness (QED) is 0.0339. The largest absolute Gasteiger partial charge is 0.691 e. The van der Waals surface area contributed by atoms with Crippen molar-refractivity contribution in [1.82, 2.24) is 0 Å². The average Bonchev–Trinajstić information content (AvgIpc) is 3.12. The van der Waals surface area contributed by atoms with E-state index in [2.05, 4.69) is 28.2 Å². The number of benzene rings is 4. The third kappa shape index (κ3) is 11.2. The minimum absolute atomic E-state index is 0.318. The lowest BCUT2D eigenvalue weighted by molar-refractivity contribution is -0.777. The highest BCUT2D eigenvalue weighted by atomic mass is 32.2. The smallest absolute Gasteiger partial charge is 0.446 e. The third-order valence-corrected chi connectivity index (χ3v) is 7.74. The molecule has 0 aliphatic carbocycles. The second-order valence-electron chi connectivity index (χ2n) is 9.58. The Bertz CT molecular complexity index is 1760. The van der Waals surface area contributed by atoms with Crippen molar-refractivity contribution in [3.8, 4) is 11.5 Å². The first-order valence-corrected chi connectivity index (χ1v) is 15.4. The van der Waals surface area contributed by atoms with Crippen molar-refractivity contribution in [2.45, 2.75) is 22.4 Å². The molecule has 0 spiro atoms. The number of ether oxygens (including phenoxy) is 4. The van der Waals surface area contributed by atoms with Crippen LogP contribution in [-0.4, -0.2) is 60.7 Å². The van der Waals surface area contributed by atoms with E-state index < -0.39 is 71.6 Å². The first-order valence-electron chi connectivity index (χ1n) is 13.9. The highest BCUT2D eigenvalue weighted by Gasteiger charge is 2.66. The van der Waals surface area contributed by atoms with Gasteiger partial charge in [0, 0.05) is 5.39 Å². The van der Waals surface area contributed by atoms with Crippen LogP contribution >= 0.6 is 24.1 Å². The van der Waals surface area contributed by atoms with Crippen molar-refractivity contribution < 1.29 is 92.9 Å². The van der Waals surface area contributed by atoms with Gasteiger partial charge in [-0.25, -0.2) is 18.4 Å². The van der Waals surface area contributed by atoms with Crippen LogP contribution in [-0.2, 0) is 37.8 Å². The molecule has 0 saturated carbocycles. The van der Waals surface area contributed by atoms with Crippen molar-refractivity contribution in [3.63, 3.8) is 0 Å². The maximum absolute atomic E-state index is 13.8. The summed E-state index contributed by atoms with van der Waals surface area (Å²) in [5.41, 5.74) is 0. The summed E-state index contributed by atoms with van der Waals surface area (Å²) in [6.45, 7) is -1.96. The van der Waals surface area contributed by atoms with Crippen LogP contribution in [0.4, 0.5) is 35.1 Å². The fourth-order valence-corrected chi connectivity index (χ4v) is 4.55. The van der Waals surface area contributed by atoms with Gasteiger partial charge in [0.25, 0.3) is 0 Å². The molecule has 0 saturated heterocycles. The molecule has 22 heteroatoms. The normalized spacial score (nSPS) is 14.0. The van der Waals surface area contributed by atoms with Crippen LogP contribution in [0.2, 0.25) is 0 Å². The molecular formula is C30H22F8O12S2-2. The van der Waals surface area contributed by atoms with Crippen LogP contribution in [0, 0.1) is 0 Å². The summed E-state index contributed by atoms with van der Waals surface area (Å²) in [5, 5.41) is 18.7. The van der Waals surface area contributed by atoms with E-state index in [1.807, 2.05) is 42.5 Å². The summed E-state index contributed by atoms with van der Waals surface area (Å²) in [4.78, 5) is 22.8. The zero-order valence-corrected chi connectivity index (χ0v) is 27.3. The first-order chi connectivity index (χ1) is 24.6. The van der Waals surface area contributed by atoms with Gasteiger partial charge in [-0.3, -0.25) is 10.1 Å². The molecule has 0 N–H and O–H groups in total. The molecule has 2 atom stereocenters. The van der Waals surface area contributed by atoms with Gasteiger partial charge in [-0.1, -0.05) is 66.7 Å². The number of halogens is 8. The predicted octanol–water partition coefficient (Wildman–Crippen LogP) is 5.72. The molecule has 0 radical (unpaired) electrons. The zero-order valence-electron chi connectivity index (χ0n) is 25.7. The highest BCUT2D eigenvalue weighted by molar-refractivity contribution is 7.96. The Morgan fingerprint density at radius 2 is 1.04 bits per heavy atom. The monoisotopic (exact) mass is 790 g/mol. The van der Waals surface area contributed by atoms with Gasteiger partial charge < -0.3 is 29.5 Å². The molecule has 4 aromatic carbocycles. The van der Waals surface area contributed by atoms with Crippen molar-refractivity contribution in [1.29, 1.82) is 0 Å². The highest BCUT2D eigenvalue weighted by Crippen LogP contribution is 2.45. The molecule has 12 nitrogen and oxygen atoms in total. The van der Waals surface area contributed by atoms with Crippen LogP contribution < -0.4 is 20.0 Å². The minimum atomic E-state index is -5.69. The Balaban J connectivity index is 0.000000280. The molecule has 0 aliphatic rings. The molecular weight excluding hydrogens is 768 g/mol. The molecule has 0 amide bonds. The van der Waals surface area contributed by atoms with Crippen LogP contribution in [0.3, 0.4) is 0 Å². The van der Waals surface area contributed by atoms with E-state index in [0.717, 1.165) is 21.5 Å². The molecule has 2 unspecified atom stereocenters. The third-order valence-electron chi connectivity index (χ3n) is 6.24. The fraction of sp³-hybridized carbons (Fsp3) is 0.267. The van der Waals surface area contributed by atoms with Gasteiger partial charge >= 0.3 is 34.3 Å². The topological polar surface area (TPSA) is 154 Å². The Kier molecular flexibility index (Phi) is 15.5. The van der Waals surface area contributed by atoms with Crippen LogP contribution in [0.5, 0.6) is 11.5 Å². The number of hydrogen-bond donors (Lipinski definition) is 0. The molecule has 52 heavy (non-hydrogen) atoms. The molecule has 0 fully saturated rings. The maximum atomic E-state index is 13.8. The van der Waals surface area contributed by atoms with E-state index in [-0.39, 0.29) is 13.2 Å². The SMILES string of the molecule is O=C(OCCOc1ccc2ccccc2c1)C(F)(SOO[O-])C(F)(F)F.O=C(OCCOc1cccc2ccccc12)C(F)(SOO[O-])C(F)(F)F. The fourth-order valence-electron chi connectivity index (χ4n) is 3.86. The molecule has 4 rings (SSSR count). The zero-order chi connectivity index (χ0) is 38.4. The van der Waals surface area contributed by atoms with Gasteiger partial charge in [-0.15, -0.1) is 0 Å². The molecule has 0 heterocycles. The van der Waals surface area contributed by atoms with Crippen LogP contribution in [0.15, 0.2) is 84.9 Å². The van der Waals surface area contributed by atoms with Gasteiger partial charge in [-0.2, -0.15) is 35.0 Å². The summed E-state index contributed by atoms with van der Waals surface area (Å²) >= 11 is -2.29. The average molecular weight is 791 g/mol. The second kappa shape index (κ2) is 19.1. The van der Waals surface area contributed by atoms with E-state index in [9.17, 15) is 55.2 Å². The Labute approximate surface area is 295 Å². The van der Waals surface area contributed by atoms with Gasteiger partial charge in [-0.05, 0) is 34.4 Å². The number of esters is 2. The van der Waals surface area contributed by atoms with Crippen LogP contribution in [0.1, 0.15) is 0 Å². The number of hydrogen-bond acceptors (Lipinski definition) is 14. The summed E-state index contributed by atoms with van der Waals surface area (Å²) in [5.74, 6) is -3.79. The van der Waals surface area contributed by atoms with Gasteiger partial charge in [0.1, 0.15) is 37.9 Å². The van der Waals surface area contributed by atoms with E-state index in [4.69, 9.17) is 9.47 Å². The molecule has 0 aromatic heterocycles. The lowest BCUT2D eigenvalue weighted by Crippen LogP contribution is -2.47. The Hall–Kier alpha value is -4.16. The summed E-state index contributed by atoms with van der Waals surface area (Å²) in [7, 11) is 0. The maximum Gasteiger partial charge on any atom is 0.446 e. The van der Waals surface area contributed by atoms with Crippen molar-refractivity contribution in [3.05, 3.63) is 84.9 Å². The van der Waals surface area contributed by atoms with Gasteiger partial charge in [0.05, 0.1) is 24.1 Å². The first kappa shape index (κ1) is 42.3. The predicted molar refractivity (Wildman–Crippen MR) is 160 cm³/mol. The van der Waals surface area contributed by atoms with E-state index in [1.165, 1.54) is 0 Å². The number of alkyl halides is 8. The molecule has 284 valence electrons. The minimum Gasteiger partial charge on any atom is -0.691 e. The van der Waals surface area contributed by atoms with E-state index in [1.54, 1.807) is 42.5 Å². The summed E-state index contributed by atoms with van der Waals surface area (Å²) in [6, 6.07) is 24.8. The Morgan fingerprint density at radius 1 is 0.558 bits per heavy atom. The molecule has 4 aromatic rings. The van der Waals surface area contributed by atoms with Crippen LogP contribution in [0.25, 0.3) is 21.5 Å². The van der Waals surface area contributed by atoms with Crippen molar-refractivity contribution in [2.24, 2.45) is 0 Å². The van der Waals surface area contributed by atoms with E-state index in [0.29, 0.717) is 11.5 Å². The number of carbonyl (C=O) groups is 2. The number of rotatable bonds is 16. The van der Waals surface area contributed by atoms with Crippen molar-refractivity contribution in [2.75, 3.05) is 26.4 Å². The van der Waals surface area contributed by atoms with Gasteiger partial charge in [0.15, 0.2) is 0 Å². The number of fused-ring (bicyclic) bond motifs is 2. The summed E-state index contributed by atoms with van der Waals surface area (Å²) in [6.07, 6.45) is -11.4. The van der Waals surface area contributed by atoms with Gasteiger partial charge in [0.2, 0.25) is 0 Å². The lowest BCUT2D eigenvalue weighted by atomic mass is 10.1. The Morgan fingerprint density at radius 3 is 1.58 bits per heavy atom. The van der Waals surface area contributed by atoms with Crippen molar-refractivity contribution >= 4 is 57.6 Å².